The molecule has 0 aliphatic heterocycles. The van der Waals surface area contributed by atoms with Crippen LogP contribution in [0.2, 0.25) is 10.0 Å². The molecule has 2 rings (SSSR count). The number of rotatable bonds is 4. The number of thioether (sulfide) groups is 1. The third-order valence-corrected chi connectivity index (χ3v) is 3.42. The fraction of sp³-hybridized carbons (Fsp3) is 0.154. The molecule has 0 atom stereocenters. The summed E-state index contributed by atoms with van der Waals surface area (Å²) >= 11 is 13.0. The fourth-order valence-corrected chi connectivity index (χ4v) is 2.42. The van der Waals surface area contributed by atoms with Gasteiger partial charge in [-0.1, -0.05) is 35.0 Å². The Balaban J connectivity index is 2.05. The Morgan fingerprint density at radius 1 is 1.26 bits per heavy atom. The van der Waals surface area contributed by atoms with Crippen LogP contribution in [0.15, 0.2) is 34.7 Å². The van der Waals surface area contributed by atoms with E-state index in [0.717, 1.165) is 0 Å². The largest absolute Gasteiger partial charge is 0.442 e. The van der Waals surface area contributed by atoms with E-state index in [1.165, 1.54) is 18.7 Å². The van der Waals surface area contributed by atoms with Crippen LogP contribution in [0.3, 0.4) is 0 Å². The van der Waals surface area contributed by atoms with Crippen LogP contribution >= 0.6 is 35.0 Å². The third kappa shape index (κ3) is 4.49. The summed E-state index contributed by atoms with van der Waals surface area (Å²) in [6, 6.07) is 8.56. The molecule has 1 radical (unpaired) electrons. The molecule has 99 valence electrons. The number of nitrogens with zero attached hydrogens (tertiary/aromatic N) is 1. The molecule has 0 bridgehead atoms. The highest BCUT2D eigenvalue weighted by atomic mass is 35.5. The lowest BCUT2D eigenvalue weighted by atomic mass is 10.3. The first-order valence-electron chi connectivity index (χ1n) is 5.43. The second-order valence-electron chi connectivity index (χ2n) is 3.76. The summed E-state index contributed by atoms with van der Waals surface area (Å²) in [5.74, 6) is 1.66. The zero-order valence-electron chi connectivity index (χ0n) is 10.0. The van der Waals surface area contributed by atoms with E-state index in [1.807, 2.05) is 0 Å². The predicted molar refractivity (Wildman–Crippen MR) is 78.6 cm³/mol. The average Bonchev–Trinajstić information content (AvgIpc) is 2.72. The lowest BCUT2D eigenvalue weighted by Crippen LogP contribution is -1.87. The van der Waals surface area contributed by atoms with E-state index in [4.69, 9.17) is 27.6 Å². The third-order valence-electron chi connectivity index (χ3n) is 2.15. The first-order chi connectivity index (χ1) is 9.02. The highest BCUT2D eigenvalue weighted by Crippen LogP contribution is 2.27. The Morgan fingerprint density at radius 2 is 1.95 bits per heavy atom. The van der Waals surface area contributed by atoms with Crippen molar-refractivity contribution >= 4 is 51.7 Å². The van der Waals surface area contributed by atoms with Crippen molar-refractivity contribution in [2.45, 2.75) is 12.7 Å². The summed E-state index contributed by atoms with van der Waals surface area (Å²) in [5.41, 5.74) is 0.623. The molecule has 0 aliphatic rings. The van der Waals surface area contributed by atoms with Crippen LogP contribution in [0.4, 0.5) is 11.6 Å². The lowest BCUT2D eigenvalue weighted by Gasteiger charge is -2.01. The van der Waals surface area contributed by atoms with Gasteiger partial charge in [-0.3, -0.25) is 4.79 Å². The summed E-state index contributed by atoms with van der Waals surface area (Å²) in [6.45, 7) is 1.52. The number of halogens is 2. The van der Waals surface area contributed by atoms with E-state index in [1.54, 1.807) is 30.3 Å². The molecule has 0 saturated heterocycles. The Labute approximate surface area is 125 Å². The Kier molecular flexibility index (Phi) is 4.80. The van der Waals surface area contributed by atoms with Gasteiger partial charge in [0.15, 0.2) is 5.12 Å². The maximum Gasteiger partial charge on any atom is 0.219 e. The smallest absolute Gasteiger partial charge is 0.219 e. The number of hydrogen-bond donors (Lipinski definition) is 0. The van der Waals surface area contributed by atoms with Crippen LogP contribution in [0.1, 0.15) is 12.7 Å². The molecule has 0 N–H and O–H groups in total. The van der Waals surface area contributed by atoms with Crippen LogP contribution in [0.5, 0.6) is 0 Å². The van der Waals surface area contributed by atoms with Crippen molar-refractivity contribution in [3.05, 3.63) is 46.1 Å². The summed E-state index contributed by atoms with van der Waals surface area (Å²) < 4.78 is 5.49. The molecular weight excluding hydrogens is 305 g/mol. The SMILES string of the molecule is CC(=O)SCc1ccc([N]c2cc(Cl)cc(Cl)c2)o1. The second-order valence-corrected chi connectivity index (χ2v) is 5.78. The van der Waals surface area contributed by atoms with Gasteiger partial charge in [0, 0.05) is 23.0 Å². The molecular formula is C13H10Cl2NO2S. The van der Waals surface area contributed by atoms with Crippen molar-refractivity contribution < 1.29 is 9.21 Å². The predicted octanol–water partition coefficient (Wildman–Crippen LogP) is 4.93. The minimum absolute atomic E-state index is 0.0523. The van der Waals surface area contributed by atoms with Gasteiger partial charge in [-0.15, -0.1) is 0 Å². The van der Waals surface area contributed by atoms with E-state index in [0.29, 0.717) is 33.1 Å². The Morgan fingerprint density at radius 3 is 2.58 bits per heavy atom. The van der Waals surface area contributed by atoms with Gasteiger partial charge < -0.3 is 4.42 Å². The number of carbonyl (C=O) groups is 1. The topological polar surface area (TPSA) is 44.3 Å². The van der Waals surface area contributed by atoms with Crippen molar-refractivity contribution in [1.29, 1.82) is 0 Å². The molecule has 19 heavy (non-hydrogen) atoms. The minimum Gasteiger partial charge on any atom is -0.442 e. The summed E-state index contributed by atoms with van der Waals surface area (Å²) in [5, 5.41) is 5.37. The number of furan rings is 1. The maximum atomic E-state index is 10.9. The van der Waals surface area contributed by atoms with Crippen LogP contribution in [-0.4, -0.2) is 5.12 Å². The molecule has 0 aliphatic carbocycles. The number of carbonyl (C=O) groups excluding carboxylic acids is 1. The van der Waals surface area contributed by atoms with E-state index in [-0.39, 0.29) is 5.12 Å². The standard InChI is InChI=1S/C13H10Cl2NO2S/c1-8(17)19-7-12-2-3-13(18-12)16-11-5-9(14)4-10(15)6-11/h2-6H,7H2,1H3. The van der Waals surface area contributed by atoms with Crippen molar-refractivity contribution in [3.8, 4) is 0 Å². The molecule has 0 saturated carbocycles. The minimum atomic E-state index is 0.0523. The normalized spacial score (nSPS) is 10.5. The van der Waals surface area contributed by atoms with Gasteiger partial charge in [-0.25, -0.2) is 5.32 Å². The van der Waals surface area contributed by atoms with Gasteiger partial charge in [0.05, 0.1) is 11.4 Å². The summed E-state index contributed by atoms with van der Waals surface area (Å²) in [4.78, 5) is 10.9. The van der Waals surface area contributed by atoms with E-state index in [2.05, 4.69) is 5.32 Å². The average molecular weight is 315 g/mol. The summed E-state index contributed by atoms with van der Waals surface area (Å²) in [6.07, 6.45) is 0. The van der Waals surface area contributed by atoms with Crippen LogP contribution in [-0.2, 0) is 10.5 Å². The molecule has 0 amide bonds. The van der Waals surface area contributed by atoms with Gasteiger partial charge in [-0.05, 0) is 24.3 Å². The van der Waals surface area contributed by atoms with Crippen molar-refractivity contribution in [3.63, 3.8) is 0 Å². The fourth-order valence-electron chi connectivity index (χ4n) is 1.41. The molecule has 0 spiro atoms. The number of hydrogen-bond acceptors (Lipinski definition) is 3. The van der Waals surface area contributed by atoms with Crippen molar-refractivity contribution in [2.75, 3.05) is 0 Å². The van der Waals surface area contributed by atoms with Gasteiger partial charge in [0.25, 0.3) is 0 Å². The quantitative estimate of drug-likeness (QED) is 0.803. The highest BCUT2D eigenvalue weighted by molar-refractivity contribution is 8.12. The van der Waals surface area contributed by atoms with Gasteiger partial charge in [0.1, 0.15) is 5.76 Å². The van der Waals surface area contributed by atoms with Gasteiger partial charge >= 0.3 is 0 Å². The molecule has 2 aromatic rings. The lowest BCUT2D eigenvalue weighted by molar-refractivity contribution is -0.109. The number of benzene rings is 1. The van der Waals surface area contributed by atoms with E-state index >= 15 is 0 Å². The zero-order valence-corrected chi connectivity index (χ0v) is 12.4. The Hall–Kier alpha value is -1.10. The van der Waals surface area contributed by atoms with Crippen molar-refractivity contribution in [1.82, 2.24) is 5.32 Å². The van der Waals surface area contributed by atoms with Crippen LogP contribution < -0.4 is 5.32 Å². The maximum absolute atomic E-state index is 10.9. The first-order valence-corrected chi connectivity index (χ1v) is 7.17. The molecule has 3 nitrogen and oxygen atoms in total. The second kappa shape index (κ2) is 6.37. The molecule has 1 aromatic carbocycles. The van der Waals surface area contributed by atoms with Gasteiger partial charge in [-0.2, -0.15) is 0 Å². The van der Waals surface area contributed by atoms with Crippen LogP contribution in [0, 0.1) is 0 Å². The molecule has 1 heterocycles. The Bertz CT molecular complexity index is 578. The molecule has 0 fully saturated rings. The monoisotopic (exact) mass is 314 g/mol. The van der Waals surface area contributed by atoms with Gasteiger partial charge in [0.2, 0.25) is 5.88 Å². The van der Waals surface area contributed by atoms with Crippen LogP contribution in [0.25, 0.3) is 0 Å². The highest BCUT2D eigenvalue weighted by Gasteiger charge is 2.07. The molecule has 6 heteroatoms. The zero-order chi connectivity index (χ0) is 13.8. The molecule has 1 aromatic heterocycles. The summed E-state index contributed by atoms with van der Waals surface area (Å²) in [7, 11) is 0. The van der Waals surface area contributed by atoms with E-state index < -0.39 is 0 Å². The molecule has 0 unspecified atom stereocenters. The van der Waals surface area contributed by atoms with E-state index in [9.17, 15) is 4.79 Å². The van der Waals surface area contributed by atoms with Crippen molar-refractivity contribution in [2.24, 2.45) is 0 Å². The first kappa shape index (κ1) is 14.3.